The molecule has 6 nitrogen and oxygen atoms in total. The number of carboxylic acid groups (broad SMARTS) is 1. The van der Waals surface area contributed by atoms with Gasteiger partial charge < -0.3 is 14.6 Å². The van der Waals surface area contributed by atoms with Gasteiger partial charge >= 0.3 is 5.97 Å². The highest BCUT2D eigenvalue weighted by Gasteiger charge is 2.61. The summed E-state index contributed by atoms with van der Waals surface area (Å²) in [5.41, 5.74) is 4.53. The molecule has 0 spiro atoms. The molecule has 6 unspecified atom stereocenters. The molecule has 3 aliphatic heterocycles. The van der Waals surface area contributed by atoms with Gasteiger partial charge in [0.1, 0.15) is 24.9 Å². The minimum atomic E-state index is -0.819. The molecule has 0 saturated carbocycles. The van der Waals surface area contributed by atoms with Gasteiger partial charge in [0.2, 0.25) is 0 Å². The summed E-state index contributed by atoms with van der Waals surface area (Å²) in [6.07, 6.45) is 19.0. The number of carbonyl (C=O) groups is 1. The summed E-state index contributed by atoms with van der Waals surface area (Å²) in [7, 11) is 1.86. The van der Waals surface area contributed by atoms with Gasteiger partial charge in [-0.25, -0.2) is 9.63 Å². The zero-order valence-electron chi connectivity index (χ0n) is 24.1. The molecule has 0 radical (unpaired) electrons. The molecule has 216 valence electrons. The topological polar surface area (TPSA) is 65.0 Å². The van der Waals surface area contributed by atoms with Crippen molar-refractivity contribution in [3.8, 4) is 5.75 Å². The number of hydrogen-bond acceptors (Lipinski definition) is 4. The first-order valence-corrected chi connectivity index (χ1v) is 15.6. The maximum absolute atomic E-state index is 12.8. The molecule has 5 aliphatic rings. The van der Waals surface area contributed by atoms with Gasteiger partial charge in [-0.1, -0.05) is 36.4 Å². The average Bonchev–Trinajstić information content (AvgIpc) is 3.21. The highest BCUT2D eigenvalue weighted by Crippen LogP contribution is 2.52. The lowest BCUT2D eigenvalue weighted by Crippen LogP contribution is -2.57. The third-order valence-electron chi connectivity index (χ3n) is 10.3. The number of aliphatic carboxylic acids is 1. The van der Waals surface area contributed by atoms with Crippen LogP contribution in [0.15, 0.2) is 53.6 Å². The Labute approximate surface area is 239 Å². The number of nitrogens with zero attached hydrogens (tertiary/aromatic N) is 1. The third-order valence-corrected chi connectivity index (χ3v) is 10.3. The van der Waals surface area contributed by atoms with Crippen LogP contribution < -0.4 is 4.74 Å². The van der Waals surface area contributed by atoms with Gasteiger partial charge in [-0.3, -0.25) is 0 Å². The van der Waals surface area contributed by atoms with Crippen molar-refractivity contribution in [1.29, 1.82) is 0 Å². The molecule has 1 aromatic carbocycles. The van der Waals surface area contributed by atoms with E-state index in [9.17, 15) is 9.90 Å². The summed E-state index contributed by atoms with van der Waals surface area (Å²) in [6.45, 7) is 3.92. The molecule has 0 amide bonds. The fourth-order valence-electron chi connectivity index (χ4n) is 8.61. The van der Waals surface area contributed by atoms with E-state index in [1.54, 1.807) is 0 Å². The fourth-order valence-corrected chi connectivity index (χ4v) is 8.61. The lowest BCUT2D eigenvalue weighted by atomic mass is 9.74. The number of allylic oxidation sites excluding steroid dienone is 2. The largest absolute Gasteiger partial charge is 0.493 e. The molecule has 2 fully saturated rings. The van der Waals surface area contributed by atoms with Crippen molar-refractivity contribution in [2.75, 3.05) is 40.0 Å². The summed E-state index contributed by atoms with van der Waals surface area (Å²) in [5, 5.41) is 10.5. The van der Waals surface area contributed by atoms with Crippen LogP contribution in [0.5, 0.6) is 5.75 Å². The first kappa shape index (κ1) is 27.7. The Morgan fingerprint density at radius 2 is 2.05 bits per heavy atom. The van der Waals surface area contributed by atoms with E-state index in [1.807, 2.05) is 13.2 Å². The summed E-state index contributed by atoms with van der Waals surface area (Å²) in [4.78, 5) is 19.2. The Balaban J connectivity index is 1.27. The number of quaternary nitrogens is 1. The maximum atomic E-state index is 12.8. The van der Waals surface area contributed by atoms with Crippen LogP contribution in [0.1, 0.15) is 62.5 Å². The Morgan fingerprint density at radius 1 is 1.15 bits per heavy atom. The molecule has 40 heavy (non-hydrogen) atoms. The highest BCUT2D eigenvalue weighted by atomic mass is 16.7. The average molecular weight is 549 g/mol. The van der Waals surface area contributed by atoms with Crippen LogP contribution in [0.4, 0.5) is 0 Å². The lowest BCUT2D eigenvalue weighted by molar-refractivity contribution is -1.11. The molecular formula is C34H46NO5+. The highest BCUT2D eigenvalue weighted by molar-refractivity contribution is 5.88. The van der Waals surface area contributed by atoms with Crippen LogP contribution in [0.3, 0.4) is 0 Å². The van der Waals surface area contributed by atoms with Crippen LogP contribution in [0.2, 0.25) is 0 Å². The summed E-state index contributed by atoms with van der Waals surface area (Å²) in [5.74, 6) is 1.61. The summed E-state index contributed by atoms with van der Waals surface area (Å²) < 4.78 is 12.9. The van der Waals surface area contributed by atoms with E-state index in [1.165, 1.54) is 42.4 Å². The lowest BCUT2D eigenvalue weighted by Gasteiger charge is -2.43. The van der Waals surface area contributed by atoms with Crippen LogP contribution in [0, 0.1) is 23.7 Å². The molecule has 1 aromatic rings. The van der Waals surface area contributed by atoms with E-state index in [0.29, 0.717) is 47.6 Å². The van der Waals surface area contributed by atoms with Crippen LogP contribution in [-0.2, 0) is 27.2 Å². The van der Waals surface area contributed by atoms with Gasteiger partial charge in [0.15, 0.2) is 0 Å². The van der Waals surface area contributed by atoms with Crippen LogP contribution in [0.25, 0.3) is 0 Å². The van der Waals surface area contributed by atoms with Crippen molar-refractivity contribution in [1.82, 2.24) is 0 Å². The zero-order valence-corrected chi connectivity index (χ0v) is 24.1. The number of fused-ring (bicyclic) bond motifs is 4. The van der Waals surface area contributed by atoms with Gasteiger partial charge in [0, 0.05) is 35.9 Å². The second-order valence-electron chi connectivity index (χ2n) is 12.6. The van der Waals surface area contributed by atoms with Crippen LogP contribution >= 0.6 is 0 Å². The van der Waals surface area contributed by atoms with Crippen molar-refractivity contribution in [3.63, 3.8) is 0 Å². The Morgan fingerprint density at radius 3 is 2.92 bits per heavy atom. The molecule has 1 N–H and O–H groups in total. The maximum Gasteiger partial charge on any atom is 0.331 e. The third kappa shape index (κ3) is 5.43. The number of hydroxylamine groups is 3. The second kappa shape index (κ2) is 12.2. The molecule has 2 saturated heterocycles. The quantitative estimate of drug-likeness (QED) is 0.331. The van der Waals surface area contributed by atoms with Gasteiger partial charge in [0.25, 0.3) is 0 Å². The van der Waals surface area contributed by atoms with Gasteiger partial charge in [-0.15, -0.1) is 0 Å². The standard InChI is InChI=1S/C34H45NO5/c1-38-35-22-24-9-6-18-39-19-7-16-31(34(36)37)29(30-14-5-13-28(33(30)35)26(21-24)23-35)15-8-20-40-32-17-4-11-25-10-2-3-12-27(25)32/h4-5,11,13-14,16-17,24,26,28-29,33H,2-3,6-10,12,15,18-23H2,1H3/p+1/b31-16+. The SMILES string of the molecule is CO[N+]12CC3CCCOCC/C=C(/C(=O)O)C(CCCOc4cccc5c4CCCC5)C4=CC=CC(C(C3)C1)C42. The van der Waals surface area contributed by atoms with Gasteiger partial charge in [0.05, 0.1) is 20.3 Å². The number of aryl methyl sites for hydroxylation is 1. The Hall–Kier alpha value is -2.41. The van der Waals surface area contributed by atoms with Gasteiger partial charge in [-0.05, 0) is 87.0 Å². The van der Waals surface area contributed by atoms with E-state index in [4.69, 9.17) is 14.3 Å². The predicted molar refractivity (Wildman–Crippen MR) is 155 cm³/mol. The number of piperidine rings is 1. The molecule has 2 aliphatic carbocycles. The molecule has 0 aromatic heterocycles. The number of ether oxygens (including phenoxy) is 2. The number of hydrogen-bond donors (Lipinski definition) is 1. The molecule has 6 heteroatoms. The first-order valence-electron chi connectivity index (χ1n) is 15.6. The van der Waals surface area contributed by atoms with Crippen molar-refractivity contribution < 1.29 is 28.9 Å². The monoisotopic (exact) mass is 548 g/mol. The smallest absolute Gasteiger partial charge is 0.331 e. The Kier molecular flexibility index (Phi) is 8.47. The van der Waals surface area contributed by atoms with E-state index >= 15 is 0 Å². The van der Waals surface area contributed by atoms with E-state index in [0.717, 1.165) is 57.6 Å². The molecule has 6 rings (SSSR count). The number of benzene rings is 1. The van der Waals surface area contributed by atoms with Gasteiger partial charge in [-0.2, -0.15) is 4.65 Å². The predicted octanol–water partition coefficient (Wildman–Crippen LogP) is 6.06. The van der Waals surface area contributed by atoms with Crippen molar-refractivity contribution in [2.24, 2.45) is 23.7 Å². The normalized spacial score (nSPS) is 34.8. The second-order valence-corrected chi connectivity index (χ2v) is 12.6. The van der Waals surface area contributed by atoms with Crippen molar-refractivity contribution in [3.05, 3.63) is 64.8 Å². The molecule has 3 heterocycles. The first-order chi connectivity index (χ1) is 19.6. The van der Waals surface area contributed by atoms with E-state index in [-0.39, 0.29) is 12.0 Å². The fraction of sp³-hybridized carbons (Fsp3) is 0.618. The summed E-state index contributed by atoms with van der Waals surface area (Å²) >= 11 is 0. The minimum absolute atomic E-state index is 0.172. The van der Waals surface area contributed by atoms with Crippen molar-refractivity contribution in [2.45, 2.75) is 70.3 Å². The molecule has 3 bridgehead atoms. The molecular weight excluding hydrogens is 502 g/mol. The number of carboxylic acids is 1. The van der Waals surface area contributed by atoms with Crippen LogP contribution in [-0.4, -0.2) is 61.8 Å². The Bertz CT molecular complexity index is 1170. The van der Waals surface area contributed by atoms with E-state index in [2.05, 4.69) is 36.4 Å². The molecule has 6 atom stereocenters. The summed E-state index contributed by atoms with van der Waals surface area (Å²) in [6, 6.07) is 6.62. The zero-order chi connectivity index (χ0) is 27.5. The number of rotatable bonds is 7. The van der Waals surface area contributed by atoms with E-state index < -0.39 is 5.97 Å². The van der Waals surface area contributed by atoms with Crippen molar-refractivity contribution >= 4 is 5.97 Å². The minimum Gasteiger partial charge on any atom is -0.493 e.